The number of rotatable bonds is 6. The van der Waals surface area contributed by atoms with Crippen LogP contribution < -0.4 is 0 Å². The Balaban J connectivity index is 1.37. The highest BCUT2D eigenvalue weighted by molar-refractivity contribution is 5.76. The zero-order chi connectivity index (χ0) is 18.6. The van der Waals surface area contributed by atoms with Gasteiger partial charge in [-0.1, -0.05) is 37.3 Å². The molecule has 2 aromatic rings. The lowest BCUT2D eigenvalue weighted by molar-refractivity contribution is -0.135. The summed E-state index contributed by atoms with van der Waals surface area (Å²) in [6.07, 6.45) is 7.70. The van der Waals surface area contributed by atoms with Crippen LogP contribution in [0, 0.1) is 5.92 Å². The van der Waals surface area contributed by atoms with Crippen LogP contribution in [0.15, 0.2) is 42.7 Å². The number of fused-ring (bicyclic) bond motifs is 4. The van der Waals surface area contributed by atoms with Crippen molar-refractivity contribution in [1.82, 2.24) is 19.4 Å². The van der Waals surface area contributed by atoms with E-state index in [9.17, 15) is 4.79 Å². The normalized spacial score (nSPS) is 22.8. The number of nitrogens with zero attached hydrogens (tertiary/aromatic N) is 4. The molecule has 144 valence electrons. The van der Waals surface area contributed by atoms with Crippen molar-refractivity contribution in [1.29, 1.82) is 0 Å². The predicted octanol–water partition coefficient (Wildman–Crippen LogP) is 2.96. The highest BCUT2D eigenvalue weighted by Crippen LogP contribution is 2.29. The molecule has 5 nitrogen and oxygen atoms in total. The molecule has 0 radical (unpaired) electrons. The van der Waals surface area contributed by atoms with Gasteiger partial charge < -0.3 is 9.47 Å². The summed E-state index contributed by atoms with van der Waals surface area (Å²) in [6.45, 7) is 6.88. The highest BCUT2D eigenvalue weighted by atomic mass is 16.2. The van der Waals surface area contributed by atoms with Crippen molar-refractivity contribution < 1.29 is 4.79 Å². The van der Waals surface area contributed by atoms with E-state index in [1.54, 1.807) is 0 Å². The fourth-order valence-electron chi connectivity index (χ4n) is 4.67. The van der Waals surface area contributed by atoms with Crippen molar-refractivity contribution in [3.63, 3.8) is 0 Å². The zero-order valence-electron chi connectivity index (χ0n) is 16.3. The van der Waals surface area contributed by atoms with Gasteiger partial charge in [0.15, 0.2) is 0 Å². The molecular weight excluding hydrogens is 336 g/mol. The number of hydrogen-bond donors (Lipinski definition) is 0. The summed E-state index contributed by atoms with van der Waals surface area (Å²) in [5.41, 5.74) is 1.36. The molecule has 0 aliphatic carbocycles. The second-order valence-electron chi connectivity index (χ2n) is 7.96. The number of imidazole rings is 1. The number of hydrogen-bond acceptors (Lipinski definition) is 3. The Bertz CT molecular complexity index is 757. The van der Waals surface area contributed by atoms with E-state index in [4.69, 9.17) is 0 Å². The van der Waals surface area contributed by atoms with Crippen LogP contribution in [0.3, 0.4) is 0 Å². The Morgan fingerprint density at radius 2 is 2.00 bits per heavy atom. The van der Waals surface area contributed by atoms with Crippen molar-refractivity contribution in [2.75, 3.05) is 19.6 Å². The number of aryl methyl sites for hydroxylation is 2. The molecule has 5 rings (SSSR count). The molecule has 0 saturated carbocycles. The van der Waals surface area contributed by atoms with Crippen LogP contribution in [0.2, 0.25) is 0 Å². The minimum atomic E-state index is 0.307. The van der Waals surface area contributed by atoms with E-state index in [0.29, 0.717) is 24.3 Å². The highest BCUT2D eigenvalue weighted by Gasteiger charge is 2.36. The van der Waals surface area contributed by atoms with Gasteiger partial charge in [-0.15, -0.1) is 0 Å². The van der Waals surface area contributed by atoms with E-state index < -0.39 is 0 Å². The van der Waals surface area contributed by atoms with Crippen LogP contribution in [0.4, 0.5) is 0 Å². The molecule has 0 unspecified atom stereocenters. The maximum atomic E-state index is 13.0. The van der Waals surface area contributed by atoms with Gasteiger partial charge in [0, 0.05) is 64.0 Å². The number of carbonyl (C=O) groups is 1. The number of carbonyl (C=O) groups excluding carboxylic acids is 1. The molecule has 0 N–H and O–H groups in total. The monoisotopic (exact) mass is 366 g/mol. The molecule has 3 saturated heterocycles. The minimum absolute atomic E-state index is 0.307. The maximum absolute atomic E-state index is 13.0. The van der Waals surface area contributed by atoms with Gasteiger partial charge in [0.05, 0.1) is 0 Å². The van der Waals surface area contributed by atoms with Gasteiger partial charge in [-0.3, -0.25) is 9.69 Å². The van der Waals surface area contributed by atoms with Crippen molar-refractivity contribution in [3.05, 3.63) is 54.1 Å². The molecule has 3 aliphatic heterocycles. The van der Waals surface area contributed by atoms with E-state index >= 15 is 0 Å². The van der Waals surface area contributed by atoms with Gasteiger partial charge in [0.1, 0.15) is 5.82 Å². The predicted molar refractivity (Wildman–Crippen MR) is 106 cm³/mol. The summed E-state index contributed by atoms with van der Waals surface area (Å²) < 4.78 is 2.12. The first-order valence-electron chi connectivity index (χ1n) is 10.3. The molecular formula is C22H30N4O. The van der Waals surface area contributed by atoms with Gasteiger partial charge in [-0.25, -0.2) is 4.98 Å². The van der Waals surface area contributed by atoms with Crippen molar-refractivity contribution in [2.24, 2.45) is 5.92 Å². The van der Waals surface area contributed by atoms with E-state index in [2.05, 4.69) is 56.6 Å². The lowest BCUT2D eigenvalue weighted by atomic mass is 9.94. The van der Waals surface area contributed by atoms with Gasteiger partial charge in [0.25, 0.3) is 0 Å². The fourth-order valence-corrected chi connectivity index (χ4v) is 4.67. The van der Waals surface area contributed by atoms with E-state index in [1.165, 1.54) is 12.0 Å². The average molecular weight is 367 g/mol. The second-order valence-corrected chi connectivity index (χ2v) is 7.96. The first kappa shape index (κ1) is 18.2. The number of amides is 1. The van der Waals surface area contributed by atoms with Gasteiger partial charge in [0.2, 0.25) is 5.91 Å². The van der Waals surface area contributed by atoms with Crippen LogP contribution in [-0.4, -0.2) is 50.9 Å². The SMILES string of the molecule is CCc1nccn1CCC(=O)N1C[C@@H]2CC[C@H]1CN(Cc1ccccc1)C2. The fraction of sp³-hybridized carbons (Fsp3) is 0.545. The summed E-state index contributed by atoms with van der Waals surface area (Å²) in [6, 6.07) is 11.1. The summed E-state index contributed by atoms with van der Waals surface area (Å²) in [5, 5.41) is 0. The third-order valence-electron chi connectivity index (χ3n) is 6.04. The Hall–Kier alpha value is -2.14. The molecule has 5 heteroatoms. The minimum Gasteiger partial charge on any atom is -0.338 e. The van der Waals surface area contributed by atoms with Crippen LogP contribution in [0.25, 0.3) is 0 Å². The van der Waals surface area contributed by atoms with Gasteiger partial charge in [-0.05, 0) is 24.3 Å². The first-order valence-corrected chi connectivity index (χ1v) is 10.3. The Labute approximate surface area is 162 Å². The third kappa shape index (κ3) is 4.24. The molecule has 3 fully saturated rings. The van der Waals surface area contributed by atoms with Crippen molar-refractivity contribution in [2.45, 2.75) is 51.7 Å². The molecule has 1 aromatic carbocycles. The van der Waals surface area contributed by atoms with Crippen LogP contribution in [-0.2, 0) is 24.3 Å². The third-order valence-corrected chi connectivity index (χ3v) is 6.04. The van der Waals surface area contributed by atoms with E-state index in [-0.39, 0.29) is 0 Å². The first-order chi connectivity index (χ1) is 13.2. The Morgan fingerprint density at radius 3 is 2.81 bits per heavy atom. The van der Waals surface area contributed by atoms with Crippen LogP contribution in [0.5, 0.6) is 0 Å². The van der Waals surface area contributed by atoms with Gasteiger partial charge >= 0.3 is 0 Å². The molecule has 1 aromatic heterocycles. The number of benzene rings is 1. The number of piperidine rings is 1. The summed E-state index contributed by atoms with van der Waals surface area (Å²) >= 11 is 0. The van der Waals surface area contributed by atoms with E-state index in [1.807, 2.05) is 12.4 Å². The standard InChI is InChI=1S/C22H30N4O/c1-2-21-23-11-13-25(21)12-10-22(27)26-16-19-8-9-20(26)17-24(15-19)14-18-6-4-3-5-7-18/h3-7,11,13,19-20H,2,8-10,12,14-17H2,1H3/t19-,20+/m1/s1. The smallest absolute Gasteiger partial charge is 0.224 e. The van der Waals surface area contributed by atoms with Crippen molar-refractivity contribution >= 4 is 5.91 Å². The van der Waals surface area contributed by atoms with Crippen molar-refractivity contribution in [3.8, 4) is 0 Å². The number of aromatic nitrogens is 2. The Kier molecular flexibility index (Phi) is 5.58. The lowest BCUT2D eigenvalue weighted by Crippen LogP contribution is -2.47. The Morgan fingerprint density at radius 1 is 1.15 bits per heavy atom. The van der Waals surface area contributed by atoms with Crippen LogP contribution >= 0.6 is 0 Å². The molecule has 2 atom stereocenters. The molecule has 1 amide bonds. The van der Waals surface area contributed by atoms with Crippen LogP contribution in [0.1, 0.15) is 37.6 Å². The van der Waals surface area contributed by atoms with Gasteiger partial charge in [-0.2, -0.15) is 0 Å². The molecule has 3 aliphatic rings. The second kappa shape index (κ2) is 8.26. The topological polar surface area (TPSA) is 41.4 Å². The van der Waals surface area contributed by atoms with E-state index in [0.717, 1.165) is 51.4 Å². The zero-order valence-corrected chi connectivity index (χ0v) is 16.3. The quantitative estimate of drug-likeness (QED) is 0.789. The lowest BCUT2D eigenvalue weighted by Gasteiger charge is -2.36. The molecule has 0 spiro atoms. The largest absolute Gasteiger partial charge is 0.338 e. The summed E-state index contributed by atoms with van der Waals surface area (Å²) in [7, 11) is 0. The average Bonchev–Trinajstić information content (AvgIpc) is 2.98. The summed E-state index contributed by atoms with van der Waals surface area (Å²) in [4.78, 5) is 22.1. The molecule has 27 heavy (non-hydrogen) atoms. The molecule has 4 heterocycles. The summed E-state index contributed by atoms with van der Waals surface area (Å²) in [5.74, 6) is 1.98. The molecule has 2 bridgehead atoms. The maximum Gasteiger partial charge on any atom is 0.224 e.